The molecule has 1 aromatic heterocycles. The highest BCUT2D eigenvalue weighted by Crippen LogP contribution is 2.37. The van der Waals surface area contributed by atoms with E-state index >= 15 is 0 Å². The summed E-state index contributed by atoms with van der Waals surface area (Å²) in [6.07, 6.45) is 3.98. The Morgan fingerprint density at radius 1 is 1.31 bits per heavy atom. The molecule has 172 valence electrons. The van der Waals surface area contributed by atoms with Crippen molar-refractivity contribution in [3.63, 3.8) is 0 Å². The maximum Gasteiger partial charge on any atom is 0.338 e. The zero-order valence-electron chi connectivity index (χ0n) is 18.8. The van der Waals surface area contributed by atoms with Crippen molar-refractivity contribution in [3.05, 3.63) is 46.8 Å². The number of aryl methyl sites for hydroxylation is 2. The summed E-state index contributed by atoms with van der Waals surface area (Å²) >= 11 is 0. The van der Waals surface area contributed by atoms with E-state index in [1.165, 1.54) is 0 Å². The molecule has 0 bridgehead atoms. The number of nitrogens with one attached hydrogen (secondary N) is 1. The van der Waals surface area contributed by atoms with Crippen molar-refractivity contribution in [3.8, 4) is 5.75 Å². The van der Waals surface area contributed by atoms with Gasteiger partial charge in [-0.3, -0.25) is 9.48 Å². The van der Waals surface area contributed by atoms with Gasteiger partial charge in [0, 0.05) is 32.7 Å². The van der Waals surface area contributed by atoms with Crippen molar-refractivity contribution < 1.29 is 23.8 Å². The standard InChI is InChI=1S/C24H31N3O5/c1-3-19-21-20(15-24(16-25-22(21)28)8-12-31-13-9-24)27(26-19)10-5-11-32-23(29)17-6-4-7-18(14-17)30-2/h4,6-7,14H,3,5,8-13,15-16H2,1-2H3,(H,25,28). The van der Waals surface area contributed by atoms with Crippen LogP contribution in [0.3, 0.4) is 0 Å². The molecular weight excluding hydrogens is 410 g/mol. The second-order valence-corrected chi connectivity index (χ2v) is 8.54. The van der Waals surface area contributed by atoms with Crippen LogP contribution in [0.25, 0.3) is 0 Å². The topological polar surface area (TPSA) is 91.7 Å². The molecule has 1 aromatic carbocycles. The van der Waals surface area contributed by atoms with Crippen LogP contribution in [0.2, 0.25) is 0 Å². The molecule has 2 aliphatic rings. The lowest BCUT2D eigenvalue weighted by Gasteiger charge is -2.36. The molecule has 1 amide bonds. The summed E-state index contributed by atoms with van der Waals surface area (Å²) in [7, 11) is 1.56. The van der Waals surface area contributed by atoms with Crippen LogP contribution in [0.1, 0.15) is 58.3 Å². The van der Waals surface area contributed by atoms with Crippen LogP contribution in [0.5, 0.6) is 5.75 Å². The van der Waals surface area contributed by atoms with Crippen molar-refractivity contribution in [1.82, 2.24) is 15.1 Å². The number of amides is 1. The first-order chi connectivity index (χ1) is 15.5. The summed E-state index contributed by atoms with van der Waals surface area (Å²) in [6, 6.07) is 6.91. The van der Waals surface area contributed by atoms with Crippen LogP contribution in [0, 0.1) is 5.41 Å². The Bertz CT molecular complexity index is 978. The third kappa shape index (κ3) is 4.65. The van der Waals surface area contributed by atoms with Crippen LogP contribution in [0.15, 0.2) is 24.3 Å². The molecule has 1 N–H and O–H groups in total. The number of carbonyl (C=O) groups excluding carboxylic acids is 2. The number of ether oxygens (including phenoxy) is 3. The fourth-order valence-electron chi connectivity index (χ4n) is 4.57. The second-order valence-electron chi connectivity index (χ2n) is 8.54. The van der Waals surface area contributed by atoms with Gasteiger partial charge < -0.3 is 19.5 Å². The fourth-order valence-corrected chi connectivity index (χ4v) is 4.57. The average molecular weight is 442 g/mol. The molecule has 8 nitrogen and oxygen atoms in total. The molecule has 1 saturated heterocycles. The highest BCUT2D eigenvalue weighted by molar-refractivity contribution is 5.97. The Morgan fingerprint density at radius 2 is 2.12 bits per heavy atom. The van der Waals surface area contributed by atoms with Gasteiger partial charge in [-0.25, -0.2) is 4.79 Å². The van der Waals surface area contributed by atoms with Crippen molar-refractivity contribution in [2.75, 3.05) is 33.5 Å². The Labute approximate surface area is 188 Å². The summed E-state index contributed by atoms with van der Waals surface area (Å²) in [4.78, 5) is 25.2. The molecule has 2 aliphatic heterocycles. The Kier molecular flexibility index (Phi) is 6.79. The predicted molar refractivity (Wildman–Crippen MR) is 118 cm³/mol. The summed E-state index contributed by atoms with van der Waals surface area (Å²) in [6.45, 7) is 5.00. The van der Waals surface area contributed by atoms with Gasteiger partial charge >= 0.3 is 5.97 Å². The molecule has 8 heteroatoms. The average Bonchev–Trinajstić information content (AvgIpc) is 3.10. The first kappa shape index (κ1) is 22.3. The van der Waals surface area contributed by atoms with Crippen molar-refractivity contribution in [2.45, 2.75) is 45.6 Å². The van der Waals surface area contributed by atoms with E-state index in [9.17, 15) is 9.59 Å². The normalized spacial score (nSPS) is 17.4. The minimum Gasteiger partial charge on any atom is -0.497 e. The molecule has 3 heterocycles. The van der Waals surface area contributed by atoms with Crippen LogP contribution >= 0.6 is 0 Å². The third-order valence-corrected chi connectivity index (χ3v) is 6.46. The fraction of sp³-hybridized carbons (Fsp3) is 0.542. The number of aromatic nitrogens is 2. The number of esters is 1. The largest absolute Gasteiger partial charge is 0.497 e. The van der Waals surface area contributed by atoms with Gasteiger partial charge in [-0.1, -0.05) is 13.0 Å². The van der Waals surface area contributed by atoms with Gasteiger partial charge in [-0.15, -0.1) is 0 Å². The lowest BCUT2D eigenvalue weighted by atomic mass is 9.76. The zero-order chi connectivity index (χ0) is 22.6. The third-order valence-electron chi connectivity index (χ3n) is 6.46. The van der Waals surface area contributed by atoms with Crippen LogP contribution in [-0.4, -0.2) is 55.1 Å². The molecule has 0 unspecified atom stereocenters. The number of benzene rings is 1. The summed E-state index contributed by atoms with van der Waals surface area (Å²) in [5.41, 5.74) is 3.03. The second kappa shape index (κ2) is 9.73. The lowest BCUT2D eigenvalue weighted by Crippen LogP contribution is -2.40. The SMILES string of the molecule is CCc1nn(CCCOC(=O)c2cccc(OC)c2)c2c1C(=O)NCC1(CCOCC1)C2. The molecule has 1 fully saturated rings. The summed E-state index contributed by atoms with van der Waals surface area (Å²) in [5, 5.41) is 7.88. The van der Waals surface area contributed by atoms with Gasteiger partial charge in [-0.2, -0.15) is 5.10 Å². The highest BCUT2D eigenvalue weighted by Gasteiger charge is 2.39. The van der Waals surface area contributed by atoms with E-state index < -0.39 is 0 Å². The minimum atomic E-state index is -0.377. The van der Waals surface area contributed by atoms with Gasteiger partial charge in [-0.05, 0) is 49.3 Å². The molecule has 32 heavy (non-hydrogen) atoms. The molecule has 0 atom stereocenters. The molecule has 4 rings (SSSR count). The number of fused-ring (bicyclic) bond motifs is 1. The van der Waals surface area contributed by atoms with Gasteiger partial charge in [0.25, 0.3) is 5.91 Å². The first-order valence-corrected chi connectivity index (χ1v) is 11.3. The van der Waals surface area contributed by atoms with E-state index in [1.807, 2.05) is 11.6 Å². The maximum atomic E-state index is 12.9. The number of methoxy groups -OCH3 is 1. The van der Waals surface area contributed by atoms with Crippen molar-refractivity contribution in [2.24, 2.45) is 5.41 Å². The zero-order valence-corrected chi connectivity index (χ0v) is 18.8. The van der Waals surface area contributed by atoms with Crippen LogP contribution in [-0.2, 0) is 28.9 Å². The van der Waals surface area contributed by atoms with Gasteiger partial charge in [0.15, 0.2) is 0 Å². The molecular formula is C24H31N3O5. The molecule has 0 aliphatic carbocycles. The Morgan fingerprint density at radius 3 is 2.88 bits per heavy atom. The van der Waals surface area contributed by atoms with E-state index in [-0.39, 0.29) is 23.9 Å². The van der Waals surface area contributed by atoms with Crippen LogP contribution < -0.4 is 10.1 Å². The Balaban J connectivity index is 1.44. The monoisotopic (exact) mass is 441 g/mol. The lowest BCUT2D eigenvalue weighted by molar-refractivity contribution is 0.0152. The molecule has 2 aromatic rings. The maximum absolute atomic E-state index is 12.9. The first-order valence-electron chi connectivity index (χ1n) is 11.3. The highest BCUT2D eigenvalue weighted by atomic mass is 16.5. The van der Waals surface area contributed by atoms with E-state index in [0.29, 0.717) is 37.2 Å². The predicted octanol–water partition coefficient (Wildman–Crippen LogP) is 2.78. The van der Waals surface area contributed by atoms with Gasteiger partial charge in [0.2, 0.25) is 0 Å². The molecule has 0 saturated carbocycles. The number of hydrogen-bond donors (Lipinski definition) is 1. The smallest absolute Gasteiger partial charge is 0.338 e. The quantitative estimate of drug-likeness (QED) is 0.525. The van der Waals surface area contributed by atoms with Crippen molar-refractivity contribution >= 4 is 11.9 Å². The van der Waals surface area contributed by atoms with E-state index in [2.05, 4.69) is 5.32 Å². The molecule has 0 radical (unpaired) electrons. The van der Waals surface area contributed by atoms with Crippen molar-refractivity contribution in [1.29, 1.82) is 0 Å². The summed E-state index contributed by atoms with van der Waals surface area (Å²) in [5.74, 6) is 0.208. The number of carbonyl (C=O) groups is 2. The van der Waals surface area contributed by atoms with E-state index in [4.69, 9.17) is 19.3 Å². The van der Waals surface area contributed by atoms with Crippen LogP contribution in [0.4, 0.5) is 0 Å². The van der Waals surface area contributed by atoms with E-state index in [1.54, 1.807) is 31.4 Å². The number of rotatable bonds is 7. The van der Waals surface area contributed by atoms with E-state index in [0.717, 1.165) is 49.4 Å². The summed E-state index contributed by atoms with van der Waals surface area (Å²) < 4.78 is 18.1. The minimum absolute atomic E-state index is 0.0147. The number of hydrogen-bond acceptors (Lipinski definition) is 6. The number of nitrogens with zero attached hydrogens (tertiary/aromatic N) is 2. The Hall–Kier alpha value is -2.87. The van der Waals surface area contributed by atoms with Gasteiger partial charge in [0.05, 0.1) is 36.2 Å². The molecule has 1 spiro atoms. The van der Waals surface area contributed by atoms with Gasteiger partial charge in [0.1, 0.15) is 5.75 Å².